The second kappa shape index (κ2) is 8.91. The Hall–Kier alpha value is -2.53. The van der Waals surface area contributed by atoms with Gasteiger partial charge >= 0.3 is 5.97 Å². The van der Waals surface area contributed by atoms with E-state index >= 15 is 0 Å². The third-order valence-electron chi connectivity index (χ3n) is 4.59. The van der Waals surface area contributed by atoms with Crippen molar-refractivity contribution >= 4 is 23.5 Å². The molecule has 0 spiro atoms. The van der Waals surface area contributed by atoms with Crippen molar-refractivity contribution in [1.29, 1.82) is 0 Å². The number of aryl methyl sites for hydroxylation is 1. The predicted octanol–water partition coefficient (Wildman–Crippen LogP) is 3.10. The smallest absolute Gasteiger partial charge is 0.313 e. The van der Waals surface area contributed by atoms with Crippen molar-refractivity contribution < 1.29 is 19.1 Å². The van der Waals surface area contributed by atoms with E-state index in [1.807, 2.05) is 31.2 Å². The van der Waals surface area contributed by atoms with Gasteiger partial charge in [-0.3, -0.25) is 9.59 Å². The summed E-state index contributed by atoms with van der Waals surface area (Å²) in [6, 6.07) is 13.4. The van der Waals surface area contributed by atoms with Gasteiger partial charge in [0.25, 0.3) is 5.91 Å². The number of carbonyl (C=O) groups excluding carboxylic acids is 2. The van der Waals surface area contributed by atoms with Gasteiger partial charge in [0.1, 0.15) is 12.4 Å². The van der Waals surface area contributed by atoms with E-state index in [0.29, 0.717) is 18.0 Å². The number of amides is 1. The van der Waals surface area contributed by atoms with E-state index in [1.54, 1.807) is 18.2 Å². The fourth-order valence-electron chi connectivity index (χ4n) is 3.05. The highest BCUT2D eigenvalue weighted by atomic mass is 35.5. The van der Waals surface area contributed by atoms with Gasteiger partial charge in [0.2, 0.25) is 0 Å². The number of carbonyl (C=O) groups is 2. The van der Waals surface area contributed by atoms with Crippen molar-refractivity contribution in [1.82, 2.24) is 5.32 Å². The summed E-state index contributed by atoms with van der Waals surface area (Å²) in [4.78, 5) is 24.1. The molecule has 0 saturated heterocycles. The fraction of sp³-hybridized carbons (Fsp3) is 0.333. The van der Waals surface area contributed by atoms with Gasteiger partial charge in [0.05, 0.1) is 5.92 Å². The SMILES string of the molecule is Cc1ccccc1CCNC(=O)COC(=O)[C@H]1COc2ccc(Cl)cc2C1. The Balaban J connectivity index is 1.41. The summed E-state index contributed by atoms with van der Waals surface area (Å²) in [7, 11) is 0. The maximum absolute atomic E-state index is 12.2. The molecule has 1 N–H and O–H groups in total. The quantitative estimate of drug-likeness (QED) is 0.773. The van der Waals surface area contributed by atoms with Gasteiger partial charge in [0.15, 0.2) is 6.61 Å². The number of esters is 1. The first-order valence-corrected chi connectivity index (χ1v) is 9.30. The van der Waals surface area contributed by atoms with Crippen LogP contribution in [0, 0.1) is 12.8 Å². The van der Waals surface area contributed by atoms with Crippen molar-refractivity contribution in [3.05, 3.63) is 64.2 Å². The summed E-state index contributed by atoms with van der Waals surface area (Å²) in [5.74, 6) is -0.445. The first kappa shape index (κ1) is 19.2. The molecular formula is C21H22ClNO4. The van der Waals surface area contributed by atoms with Crippen molar-refractivity contribution in [3.8, 4) is 5.75 Å². The molecule has 3 rings (SSSR count). The van der Waals surface area contributed by atoms with Crippen molar-refractivity contribution in [3.63, 3.8) is 0 Å². The molecule has 6 heteroatoms. The molecule has 2 aromatic carbocycles. The molecule has 1 atom stereocenters. The van der Waals surface area contributed by atoms with E-state index in [4.69, 9.17) is 21.1 Å². The standard InChI is InChI=1S/C21H22ClNO4/c1-14-4-2-3-5-15(14)8-9-23-20(24)13-27-21(25)17-10-16-11-18(22)6-7-19(16)26-12-17/h2-7,11,17H,8-10,12-13H2,1H3,(H,23,24)/t17-/m1/s1. The summed E-state index contributed by atoms with van der Waals surface area (Å²) in [5, 5.41) is 3.37. The van der Waals surface area contributed by atoms with E-state index in [-0.39, 0.29) is 19.1 Å². The largest absolute Gasteiger partial charge is 0.492 e. The highest BCUT2D eigenvalue weighted by Gasteiger charge is 2.27. The second-order valence-corrected chi connectivity index (χ2v) is 7.03. The van der Waals surface area contributed by atoms with Gasteiger partial charge in [-0.1, -0.05) is 35.9 Å². The summed E-state index contributed by atoms with van der Waals surface area (Å²) >= 11 is 5.98. The topological polar surface area (TPSA) is 64.6 Å². The fourth-order valence-corrected chi connectivity index (χ4v) is 3.24. The number of ether oxygens (including phenoxy) is 2. The van der Waals surface area contributed by atoms with E-state index in [2.05, 4.69) is 5.32 Å². The van der Waals surface area contributed by atoms with Crippen LogP contribution in [-0.4, -0.2) is 31.6 Å². The molecule has 2 aromatic rings. The number of benzene rings is 2. The van der Waals surface area contributed by atoms with Crippen LogP contribution in [-0.2, 0) is 27.2 Å². The van der Waals surface area contributed by atoms with Crippen LogP contribution in [0.3, 0.4) is 0 Å². The van der Waals surface area contributed by atoms with Crippen LogP contribution >= 0.6 is 11.6 Å². The lowest BCUT2D eigenvalue weighted by Crippen LogP contribution is -2.34. The van der Waals surface area contributed by atoms with E-state index < -0.39 is 11.9 Å². The lowest BCUT2D eigenvalue weighted by molar-refractivity contribution is -0.153. The van der Waals surface area contributed by atoms with Gasteiger partial charge in [-0.2, -0.15) is 0 Å². The zero-order valence-corrected chi connectivity index (χ0v) is 15.9. The van der Waals surface area contributed by atoms with Crippen molar-refractivity contribution in [2.24, 2.45) is 5.92 Å². The highest BCUT2D eigenvalue weighted by molar-refractivity contribution is 6.30. The Morgan fingerprint density at radius 1 is 1.26 bits per heavy atom. The molecule has 0 radical (unpaired) electrons. The molecule has 1 aliphatic rings. The van der Waals surface area contributed by atoms with Gasteiger partial charge in [-0.25, -0.2) is 0 Å². The molecule has 0 aromatic heterocycles. The molecule has 0 aliphatic carbocycles. The number of nitrogens with one attached hydrogen (secondary N) is 1. The minimum absolute atomic E-state index is 0.238. The Morgan fingerprint density at radius 2 is 2.07 bits per heavy atom. The van der Waals surface area contributed by atoms with Crippen LogP contribution in [0.4, 0.5) is 0 Å². The van der Waals surface area contributed by atoms with E-state index in [9.17, 15) is 9.59 Å². The van der Waals surface area contributed by atoms with Crippen molar-refractivity contribution in [2.45, 2.75) is 19.8 Å². The number of hydrogen-bond donors (Lipinski definition) is 1. The van der Waals surface area contributed by atoms with Gasteiger partial charge in [-0.15, -0.1) is 0 Å². The molecule has 1 aliphatic heterocycles. The number of fused-ring (bicyclic) bond motifs is 1. The molecule has 1 heterocycles. The molecular weight excluding hydrogens is 366 g/mol. The average molecular weight is 388 g/mol. The second-order valence-electron chi connectivity index (χ2n) is 6.60. The van der Waals surface area contributed by atoms with Crippen LogP contribution in [0.15, 0.2) is 42.5 Å². The van der Waals surface area contributed by atoms with Crippen LogP contribution in [0.5, 0.6) is 5.75 Å². The monoisotopic (exact) mass is 387 g/mol. The highest BCUT2D eigenvalue weighted by Crippen LogP contribution is 2.30. The zero-order chi connectivity index (χ0) is 19.2. The lowest BCUT2D eigenvalue weighted by Gasteiger charge is -2.24. The molecule has 0 saturated carbocycles. The average Bonchev–Trinajstić information content (AvgIpc) is 2.67. The molecule has 142 valence electrons. The summed E-state index contributed by atoms with van der Waals surface area (Å²) in [6.07, 6.45) is 1.23. The summed E-state index contributed by atoms with van der Waals surface area (Å²) < 4.78 is 10.7. The Morgan fingerprint density at radius 3 is 2.89 bits per heavy atom. The van der Waals surface area contributed by atoms with E-state index in [0.717, 1.165) is 17.7 Å². The summed E-state index contributed by atoms with van der Waals surface area (Å²) in [5.41, 5.74) is 3.25. The molecule has 0 bridgehead atoms. The third kappa shape index (κ3) is 5.23. The Kier molecular flexibility index (Phi) is 6.35. The minimum atomic E-state index is -0.435. The first-order valence-electron chi connectivity index (χ1n) is 8.92. The normalized spacial score (nSPS) is 15.4. The number of hydrogen-bond acceptors (Lipinski definition) is 4. The van der Waals surface area contributed by atoms with E-state index in [1.165, 1.54) is 11.1 Å². The molecule has 5 nitrogen and oxygen atoms in total. The molecule has 27 heavy (non-hydrogen) atoms. The Labute approximate surface area is 163 Å². The van der Waals surface area contributed by atoms with Crippen LogP contribution in [0.1, 0.15) is 16.7 Å². The van der Waals surface area contributed by atoms with Crippen LogP contribution < -0.4 is 10.1 Å². The Bertz CT molecular complexity index is 837. The molecule has 0 fully saturated rings. The van der Waals surface area contributed by atoms with Crippen LogP contribution in [0.2, 0.25) is 5.02 Å². The zero-order valence-electron chi connectivity index (χ0n) is 15.2. The maximum atomic E-state index is 12.2. The molecule has 0 unspecified atom stereocenters. The van der Waals surface area contributed by atoms with Gasteiger partial charge in [-0.05, 0) is 54.7 Å². The maximum Gasteiger partial charge on any atom is 0.313 e. The number of rotatable bonds is 6. The van der Waals surface area contributed by atoms with Gasteiger partial charge < -0.3 is 14.8 Å². The minimum Gasteiger partial charge on any atom is -0.492 e. The first-order chi connectivity index (χ1) is 13.0. The van der Waals surface area contributed by atoms with Gasteiger partial charge in [0, 0.05) is 11.6 Å². The van der Waals surface area contributed by atoms with Crippen molar-refractivity contribution in [2.75, 3.05) is 19.8 Å². The summed E-state index contributed by atoms with van der Waals surface area (Å²) in [6.45, 7) is 2.49. The third-order valence-corrected chi connectivity index (χ3v) is 4.82. The molecule has 1 amide bonds. The number of halogens is 1. The predicted molar refractivity (Wildman–Crippen MR) is 103 cm³/mol. The van der Waals surface area contributed by atoms with Crippen LogP contribution in [0.25, 0.3) is 0 Å². The lowest BCUT2D eigenvalue weighted by atomic mass is 9.97.